The SMILES string of the molecule is CC(C)(C)c1c2ccc(-n3c(-c4ccccc4)ccc3-c3ccccc3)cc2c(C(C)(C)C)c2ccc(-n3c(-c4ccccc4)ccc3-c3ccccc3)cc12. The van der Waals surface area contributed by atoms with Gasteiger partial charge in [0.25, 0.3) is 0 Å². The predicted octanol–water partition coefficient (Wildman–Crippen LogP) is 14.8. The van der Waals surface area contributed by atoms with Crippen LogP contribution in [0.1, 0.15) is 52.7 Å². The van der Waals surface area contributed by atoms with Crippen LogP contribution < -0.4 is 0 Å². The van der Waals surface area contributed by atoms with Gasteiger partial charge in [-0.05, 0) is 114 Å². The number of nitrogens with zero attached hydrogens (tertiary/aromatic N) is 2. The molecule has 9 rings (SSSR count). The van der Waals surface area contributed by atoms with Crippen LogP contribution in [-0.2, 0) is 10.8 Å². The summed E-state index contributed by atoms with van der Waals surface area (Å²) in [4.78, 5) is 0. The summed E-state index contributed by atoms with van der Waals surface area (Å²) in [7, 11) is 0. The maximum absolute atomic E-state index is 2.46. The van der Waals surface area contributed by atoms with Crippen LogP contribution in [0.25, 0.3) is 77.9 Å². The zero-order valence-corrected chi connectivity index (χ0v) is 33.2. The van der Waals surface area contributed by atoms with Crippen molar-refractivity contribution < 1.29 is 0 Å². The maximum atomic E-state index is 2.46. The molecule has 7 aromatic carbocycles. The molecule has 0 radical (unpaired) electrons. The highest BCUT2D eigenvalue weighted by Crippen LogP contribution is 2.46. The molecular weight excluding hydrogens is 677 g/mol. The van der Waals surface area contributed by atoms with Crippen LogP contribution in [0.2, 0.25) is 0 Å². The van der Waals surface area contributed by atoms with E-state index in [1.54, 1.807) is 0 Å². The molecular formula is C54H48N2. The Balaban J connectivity index is 1.34. The van der Waals surface area contributed by atoms with Gasteiger partial charge in [-0.2, -0.15) is 0 Å². The molecule has 2 nitrogen and oxygen atoms in total. The van der Waals surface area contributed by atoms with Gasteiger partial charge in [-0.15, -0.1) is 0 Å². The Labute approximate surface area is 331 Å². The molecule has 0 N–H and O–H groups in total. The van der Waals surface area contributed by atoms with Gasteiger partial charge in [0.05, 0.1) is 22.8 Å². The normalized spacial score (nSPS) is 12.1. The second kappa shape index (κ2) is 13.7. The molecule has 0 aliphatic carbocycles. The number of benzene rings is 7. The first-order valence-electron chi connectivity index (χ1n) is 19.8. The molecule has 0 unspecified atom stereocenters. The van der Waals surface area contributed by atoms with E-state index in [-0.39, 0.29) is 10.8 Å². The number of aromatic nitrogens is 2. The van der Waals surface area contributed by atoms with E-state index in [0.29, 0.717) is 0 Å². The monoisotopic (exact) mass is 724 g/mol. The molecule has 0 saturated carbocycles. The third kappa shape index (κ3) is 6.16. The van der Waals surface area contributed by atoms with Crippen LogP contribution in [0.15, 0.2) is 182 Å². The fourth-order valence-corrected chi connectivity index (χ4v) is 8.87. The highest BCUT2D eigenvalue weighted by molar-refractivity contribution is 6.08. The summed E-state index contributed by atoms with van der Waals surface area (Å²) in [6.07, 6.45) is 0. The lowest BCUT2D eigenvalue weighted by molar-refractivity contribution is 0.593. The van der Waals surface area contributed by atoms with Crippen molar-refractivity contribution in [2.24, 2.45) is 0 Å². The van der Waals surface area contributed by atoms with Crippen molar-refractivity contribution in [3.63, 3.8) is 0 Å². The predicted molar refractivity (Wildman–Crippen MR) is 239 cm³/mol. The Morgan fingerprint density at radius 3 is 0.804 bits per heavy atom. The summed E-state index contributed by atoms with van der Waals surface area (Å²) >= 11 is 0. The van der Waals surface area contributed by atoms with E-state index in [1.165, 1.54) is 77.7 Å². The Morgan fingerprint density at radius 2 is 0.554 bits per heavy atom. The molecule has 274 valence electrons. The minimum Gasteiger partial charge on any atom is -0.309 e. The van der Waals surface area contributed by atoms with Crippen LogP contribution in [0.5, 0.6) is 0 Å². The minimum absolute atomic E-state index is 0.133. The van der Waals surface area contributed by atoms with Crippen LogP contribution in [-0.4, -0.2) is 9.13 Å². The molecule has 0 aliphatic heterocycles. The summed E-state index contributed by atoms with van der Waals surface area (Å²) < 4.78 is 4.89. The number of hydrogen-bond acceptors (Lipinski definition) is 0. The van der Waals surface area contributed by atoms with E-state index >= 15 is 0 Å². The molecule has 2 aromatic heterocycles. The molecule has 0 saturated heterocycles. The van der Waals surface area contributed by atoms with Crippen molar-refractivity contribution >= 4 is 21.5 Å². The minimum atomic E-state index is -0.133. The molecule has 2 heterocycles. The smallest absolute Gasteiger partial charge is 0.0535 e. The topological polar surface area (TPSA) is 9.86 Å². The van der Waals surface area contributed by atoms with Crippen molar-refractivity contribution in [1.82, 2.24) is 9.13 Å². The van der Waals surface area contributed by atoms with E-state index in [9.17, 15) is 0 Å². The van der Waals surface area contributed by atoms with E-state index < -0.39 is 0 Å². The van der Waals surface area contributed by atoms with Gasteiger partial charge in [0.15, 0.2) is 0 Å². The number of fused-ring (bicyclic) bond motifs is 2. The highest BCUT2D eigenvalue weighted by atomic mass is 15.0. The Morgan fingerprint density at radius 1 is 0.286 bits per heavy atom. The van der Waals surface area contributed by atoms with Gasteiger partial charge in [0.2, 0.25) is 0 Å². The van der Waals surface area contributed by atoms with Crippen molar-refractivity contribution in [1.29, 1.82) is 0 Å². The van der Waals surface area contributed by atoms with E-state index in [4.69, 9.17) is 0 Å². The quantitative estimate of drug-likeness (QED) is 0.151. The summed E-state index contributed by atoms with van der Waals surface area (Å²) in [6, 6.07) is 66.5. The Bertz CT molecular complexity index is 2510. The lowest BCUT2D eigenvalue weighted by Crippen LogP contribution is -2.18. The molecule has 0 fully saturated rings. The summed E-state index contributed by atoms with van der Waals surface area (Å²) in [6.45, 7) is 14.2. The Kier molecular flexibility index (Phi) is 8.66. The molecule has 0 spiro atoms. The summed E-state index contributed by atoms with van der Waals surface area (Å²) in [5.41, 5.74) is 14.3. The van der Waals surface area contributed by atoms with Crippen LogP contribution >= 0.6 is 0 Å². The van der Waals surface area contributed by atoms with Gasteiger partial charge in [0, 0.05) is 11.4 Å². The zero-order valence-electron chi connectivity index (χ0n) is 33.2. The first-order chi connectivity index (χ1) is 27.1. The Hall–Kier alpha value is -6.38. The lowest BCUT2D eigenvalue weighted by atomic mass is 9.74. The zero-order chi connectivity index (χ0) is 38.6. The molecule has 0 aliphatic rings. The van der Waals surface area contributed by atoms with Crippen LogP contribution in [0.3, 0.4) is 0 Å². The van der Waals surface area contributed by atoms with E-state index in [0.717, 1.165) is 11.4 Å². The van der Waals surface area contributed by atoms with E-state index in [1.807, 2.05) is 0 Å². The highest BCUT2D eigenvalue weighted by Gasteiger charge is 2.29. The summed E-state index contributed by atoms with van der Waals surface area (Å²) in [5, 5.41) is 5.24. The van der Waals surface area contributed by atoms with Crippen molar-refractivity contribution in [3.05, 3.63) is 193 Å². The molecule has 9 aromatic rings. The van der Waals surface area contributed by atoms with Gasteiger partial charge in [-0.3, -0.25) is 0 Å². The summed E-state index contributed by atoms with van der Waals surface area (Å²) in [5.74, 6) is 0. The van der Waals surface area contributed by atoms with E-state index in [2.05, 4.69) is 233 Å². The molecule has 56 heavy (non-hydrogen) atoms. The lowest BCUT2D eigenvalue weighted by Gasteiger charge is -2.31. The largest absolute Gasteiger partial charge is 0.309 e. The van der Waals surface area contributed by atoms with Crippen molar-refractivity contribution in [2.75, 3.05) is 0 Å². The van der Waals surface area contributed by atoms with Crippen molar-refractivity contribution in [3.8, 4) is 56.4 Å². The number of rotatable bonds is 6. The second-order valence-electron chi connectivity index (χ2n) is 17.1. The molecule has 0 atom stereocenters. The standard InChI is InChI=1S/C54H48N2/c1-53(2,3)51-43-29-27-42(56-49(39-23-15-9-16-24-39)33-34-50(56)40-25-17-10-18-26-40)36-46(43)52(54(4,5)6)44-30-28-41(35-45(44)51)55-47(37-19-11-7-12-20-37)31-32-48(55)38-21-13-8-14-22-38/h7-36H,1-6H3. The molecule has 0 bridgehead atoms. The first-order valence-corrected chi connectivity index (χ1v) is 19.8. The average molecular weight is 725 g/mol. The van der Waals surface area contributed by atoms with Gasteiger partial charge < -0.3 is 9.13 Å². The van der Waals surface area contributed by atoms with Gasteiger partial charge in [-0.1, -0.05) is 175 Å². The van der Waals surface area contributed by atoms with Crippen molar-refractivity contribution in [2.45, 2.75) is 52.4 Å². The van der Waals surface area contributed by atoms with Gasteiger partial charge in [-0.25, -0.2) is 0 Å². The molecule has 2 heteroatoms. The second-order valence-corrected chi connectivity index (χ2v) is 17.1. The third-order valence-corrected chi connectivity index (χ3v) is 11.1. The van der Waals surface area contributed by atoms with Crippen LogP contribution in [0, 0.1) is 0 Å². The van der Waals surface area contributed by atoms with Gasteiger partial charge in [0.1, 0.15) is 0 Å². The third-order valence-electron chi connectivity index (χ3n) is 11.1. The average Bonchev–Trinajstić information content (AvgIpc) is 3.86. The fraction of sp³-hybridized carbons (Fsp3) is 0.148. The first kappa shape index (κ1) is 35.3. The maximum Gasteiger partial charge on any atom is 0.0535 e. The fourth-order valence-electron chi connectivity index (χ4n) is 8.87. The number of hydrogen-bond donors (Lipinski definition) is 0. The molecule has 0 amide bonds. The van der Waals surface area contributed by atoms with Crippen LogP contribution in [0.4, 0.5) is 0 Å². The van der Waals surface area contributed by atoms with Gasteiger partial charge >= 0.3 is 0 Å².